The van der Waals surface area contributed by atoms with E-state index in [0.29, 0.717) is 11.4 Å². The molecule has 3 aromatic carbocycles. The number of imide groups is 1. The summed E-state index contributed by atoms with van der Waals surface area (Å²) in [6.07, 6.45) is 5.17. The van der Waals surface area contributed by atoms with Crippen molar-refractivity contribution in [3.63, 3.8) is 0 Å². The number of hydrogen-bond donors (Lipinski definition) is 0. The maximum absolute atomic E-state index is 13.0. The van der Waals surface area contributed by atoms with Crippen molar-refractivity contribution in [3.8, 4) is 11.5 Å². The molecule has 2 aliphatic carbocycles. The number of anilines is 1. The van der Waals surface area contributed by atoms with Crippen LogP contribution in [0.5, 0.6) is 11.5 Å². The van der Waals surface area contributed by atoms with E-state index in [1.807, 2.05) is 30.3 Å². The predicted molar refractivity (Wildman–Crippen MR) is 132 cm³/mol. The first kappa shape index (κ1) is 20.9. The molecule has 4 atom stereocenters. The van der Waals surface area contributed by atoms with Gasteiger partial charge in [0, 0.05) is 5.41 Å². The molecule has 0 aromatic heterocycles. The summed E-state index contributed by atoms with van der Waals surface area (Å²) in [7, 11) is 0. The third-order valence-corrected chi connectivity index (χ3v) is 7.87. The SMILES string of the molecule is CC(C)(c1ccccc1)c1ccc(Oc2ccc(N3C(=O)[C@@H]4[C@@H](C3=O)[C@H]3C=C[C@@H]4C3)cc2)cc1. The third-order valence-electron chi connectivity index (χ3n) is 7.87. The Morgan fingerprint density at radius 1 is 0.706 bits per heavy atom. The Bertz CT molecular complexity index is 1240. The quantitative estimate of drug-likeness (QED) is 0.348. The minimum absolute atomic E-state index is 0.0582. The molecule has 1 aliphatic heterocycles. The van der Waals surface area contributed by atoms with Crippen molar-refractivity contribution >= 4 is 17.5 Å². The Morgan fingerprint density at radius 2 is 1.21 bits per heavy atom. The fourth-order valence-electron chi connectivity index (χ4n) is 5.92. The molecule has 0 radical (unpaired) electrons. The number of allylic oxidation sites excluding steroid dienone is 2. The van der Waals surface area contributed by atoms with E-state index in [0.717, 1.165) is 12.2 Å². The molecule has 0 N–H and O–H groups in total. The van der Waals surface area contributed by atoms with Crippen LogP contribution >= 0.6 is 0 Å². The van der Waals surface area contributed by atoms with Crippen molar-refractivity contribution in [3.05, 3.63) is 102 Å². The Hall–Kier alpha value is -3.66. The highest BCUT2D eigenvalue weighted by atomic mass is 16.5. The van der Waals surface area contributed by atoms with Crippen LogP contribution in [0.15, 0.2) is 91.0 Å². The number of ether oxygens (including phenoxy) is 1. The zero-order valence-corrected chi connectivity index (χ0v) is 19.3. The number of carbonyl (C=O) groups is 2. The summed E-state index contributed by atoms with van der Waals surface area (Å²) >= 11 is 0. The molecule has 1 heterocycles. The lowest BCUT2D eigenvalue weighted by Gasteiger charge is -2.26. The van der Waals surface area contributed by atoms with Gasteiger partial charge in [-0.2, -0.15) is 0 Å². The Balaban J connectivity index is 1.17. The number of benzene rings is 3. The molecule has 170 valence electrons. The third kappa shape index (κ3) is 3.20. The molecule has 1 saturated heterocycles. The molecule has 2 amide bonds. The summed E-state index contributed by atoms with van der Waals surface area (Å²) in [6, 6.07) is 25.8. The van der Waals surface area contributed by atoms with Gasteiger partial charge in [0.1, 0.15) is 11.5 Å². The van der Waals surface area contributed by atoms with Gasteiger partial charge in [0.05, 0.1) is 17.5 Å². The van der Waals surface area contributed by atoms with E-state index in [9.17, 15) is 9.59 Å². The van der Waals surface area contributed by atoms with E-state index >= 15 is 0 Å². The van der Waals surface area contributed by atoms with Crippen molar-refractivity contribution in [2.24, 2.45) is 23.7 Å². The number of carbonyl (C=O) groups excluding carboxylic acids is 2. The molecule has 3 aliphatic rings. The minimum Gasteiger partial charge on any atom is -0.457 e. The molecule has 0 spiro atoms. The second-order valence-corrected chi connectivity index (χ2v) is 10.1. The summed E-state index contributed by atoms with van der Waals surface area (Å²) in [4.78, 5) is 27.4. The molecule has 3 aromatic rings. The van der Waals surface area contributed by atoms with Crippen LogP contribution in [0, 0.1) is 23.7 Å². The van der Waals surface area contributed by atoms with Gasteiger partial charge in [0.25, 0.3) is 0 Å². The highest BCUT2D eigenvalue weighted by Crippen LogP contribution is 2.53. The highest BCUT2D eigenvalue weighted by molar-refractivity contribution is 6.22. The maximum Gasteiger partial charge on any atom is 0.238 e. The van der Waals surface area contributed by atoms with Crippen LogP contribution in [-0.4, -0.2) is 11.8 Å². The largest absolute Gasteiger partial charge is 0.457 e. The van der Waals surface area contributed by atoms with Gasteiger partial charge in [0.2, 0.25) is 11.8 Å². The Morgan fingerprint density at radius 3 is 1.76 bits per heavy atom. The second kappa shape index (κ2) is 7.69. The Kier molecular flexibility index (Phi) is 4.73. The van der Waals surface area contributed by atoms with Crippen LogP contribution in [0.4, 0.5) is 5.69 Å². The van der Waals surface area contributed by atoms with E-state index in [1.54, 1.807) is 12.1 Å². The number of rotatable bonds is 5. The van der Waals surface area contributed by atoms with Crippen LogP contribution in [0.1, 0.15) is 31.4 Å². The van der Waals surface area contributed by atoms with E-state index < -0.39 is 0 Å². The summed E-state index contributed by atoms with van der Waals surface area (Å²) < 4.78 is 6.04. The first-order valence-electron chi connectivity index (χ1n) is 11.9. The van der Waals surface area contributed by atoms with Gasteiger partial charge in [-0.3, -0.25) is 14.5 Å². The summed E-state index contributed by atoms with van der Waals surface area (Å²) in [6.45, 7) is 4.43. The van der Waals surface area contributed by atoms with Crippen molar-refractivity contribution in [1.82, 2.24) is 0 Å². The fraction of sp³-hybridized carbons (Fsp3) is 0.267. The molecule has 4 heteroatoms. The van der Waals surface area contributed by atoms with Gasteiger partial charge in [-0.1, -0.05) is 68.5 Å². The molecule has 2 bridgehead atoms. The molecule has 0 unspecified atom stereocenters. The molecule has 6 rings (SSSR count). The standard InChI is InChI=1S/C30H27NO3/c1-30(2,21-6-4-3-5-7-21)22-10-14-24(15-11-22)34-25-16-12-23(13-17-25)31-28(32)26-19-8-9-20(18-19)27(26)29(31)33/h3-17,19-20,26-27H,18H2,1-2H3/t19-,20+,26-,27-/m0/s1. The zero-order chi connectivity index (χ0) is 23.4. The second-order valence-electron chi connectivity index (χ2n) is 10.1. The lowest BCUT2D eigenvalue weighted by molar-refractivity contribution is -0.123. The first-order valence-corrected chi connectivity index (χ1v) is 11.9. The number of fused-ring (bicyclic) bond motifs is 5. The van der Waals surface area contributed by atoms with Crippen LogP contribution in [0.2, 0.25) is 0 Å². The van der Waals surface area contributed by atoms with Crippen molar-refractivity contribution in [2.75, 3.05) is 4.90 Å². The molecule has 1 saturated carbocycles. The van der Waals surface area contributed by atoms with Gasteiger partial charge >= 0.3 is 0 Å². The number of hydrogen-bond acceptors (Lipinski definition) is 3. The van der Waals surface area contributed by atoms with Gasteiger partial charge < -0.3 is 4.74 Å². The van der Waals surface area contributed by atoms with Gasteiger partial charge in [-0.05, 0) is 65.8 Å². The molecular formula is C30H27NO3. The average Bonchev–Trinajstić information content (AvgIpc) is 3.54. The number of amides is 2. The topological polar surface area (TPSA) is 46.6 Å². The van der Waals surface area contributed by atoms with Gasteiger partial charge in [-0.15, -0.1) is 0 Å². The van der Waals surface area contributed by atoms with Crippen LogP contribution in [-0.2, 0) is 15.0 Å². The van der Waals surface area contributed by atoms with Gasteiger partial charge in [0.15, 0.2) is 0 Å². The van der Waals surface area contributed by atoms with E-state index in [1.165, 1.54) is 16.0 Å². The predicted octanol–water partition coefficient (Wildman–Crippen LogP) is 6.12. The highest BCUT2D eigenvalue weighted by Gasteiger charge is 2.59. The van der Waals surface area contributed by atoms with E-state index in [-0.39, 0.29) is 40.9 Å². The zero-order valence-electron chi connectivity index (χ0n) is 19.3. The van der Waals surface area contributed by atoms with Crippen LogP contribution in [0.3, 0.4) is 0 Å². The minimum atomic E-state index is -0.183. The molecule has 2 fully saturated rings. The summed E-state index contributed by atoms with van der Waals surface area (Å²) in [5, 5.41) is 0. The van der Waals surface area contributed by atoms with Crippen molar-refractivity contribution in [1.29, 1.82) is 0 Å². The lowest BCUT2D eigenvalue weighted by Crippen LogP contribution is -2.32. The van der Waals surface area contributed by atoms with Crippen molar-refractivity contribution < 1.29 is 14.3 Å². The smallest absolute Gasteiger partial charge is 0.238 e. The Labute approximate surface area is 199 Å². The van der Waals surface area contributed by atoms with E-state index in [4.69, 9.17) is 4.74 Å². The molecule has 34 heavy (non-hydrogen) atoms. The first-order chi connectivity index (χ1) is 16.4. The lowest BCUT2D eigenvalue weighted by atomic mass is 9.78. The summed E-state index contributed by atoms with van der Waals surface area (Å²) in [5.41, 5.74) is 2.99. The maximum atomic E-state index is 13.0. The monoisotopic (exact) mass is 449 g/mol. The van der Waals surface area contributed by atoms with Gasteiger partial charge in [-0.25, -0.2) is 0 Å². The number of nitrogens with zero attached hydrogens (tertiary/aromatic N) is 1. The average molecular weight is 450 g/mol. The van der Waals surface area contributed by atoms with Crippen molar-refractivity contribution in [2.45, 2.75) is 25.7 Å². The normalized spacial score (nSPS) is 25.2. The molecular weight excluding hydrogens is 422 g/mol. The summed E-state index contributed by atoms with van der Waals surface area (Å²) in [5.74, 6) is 1.36. The van der Waals surface area contributed by atoms with E-state index in [2.05, 4.69) is 62.4 Å². The molecule has 4 nitrogen and oxygen atoms in total. The van der Waals surface area contributed by atoms with Crippen LogP contribution < -0.4 is 9.64 Å². The fourth-order valence-corrected chi connectivity index (χ4v) is 5.92. The van der Waals surface area contributed by atoms with Crippen LogP contribution in [0.25, 0.3) is 0 Å².